The molecule has 51 heavy (non-hydrogen) atoms. The zero-order valence-electron chi connectivity index (χ0n) is 29.1. The van der Waals surface area contributed by atoms with Gasteiger partial charge in [0.1, 0.15) is 11.8 Å². The van der Waals surface area contributed by atoms with Gasteiger partial charge in [-0.2, -0.15) is 0 Å². The Bertz CT molecular complexity index is 1700. The van der Waals surface area contributed by atoms with Crippen molar-refractivity contribution in [3.8, 4) is 5.75 Å². The smallest absolute Gasteiger partial charge is 0.328 e. The summed E-state index contributed by atoms with van der Waals surface area (Å²) >= 11 is 0. The van der Waals surface area contributed by atoms with E-state index in [2.05, 4.69) is 17.6 Å². The zero-order valence-corrected chi connectivity index (χ0v) is 29.1. The molecule has 1 saturated heterocycles. The number of carbonyl (C=O) groups is 2. The lowest BCUT2D eigenvalue weighted by Crippen LogP contribution is -2.47. The molecule has 0 spiro atoms. The highest BCUT2D eigenvalue weighted by Crippen LogP contribution is 2.42. The van der Waals surface area contributed by atoms with Crippen LogP contribution in [0.25, 0.3) is 0 Å². The first-order valence-corrected chi connectivity index (χ1v) is 17.0. The molecule has 1 aliphatic heterocycles. The molecule has 0 aromatic heterocycles. The minimum atomic E-state index is -0.836. The number of carbonyl (C=O) groups excluding carboxylic acids is 2. The van der Waals surface area contributed by atoms with Crippen LogP contribution in [0.4, 0.5) is 4.79 Å². The number of urea groups is 1. The maximum Gasteiger partial charge on any atom is 0.328 e. The number of likely N-dealkylation sites (N-methyl/N-ethyl adjacent to an activating group) is 1. The van der Waals surface area contributed by atoms with Crippen molar-refractivity contribution in [3.05, 3.63) is 137 Å². The van der Waals surface area contributed by atoms with E-state index in [1.807, 2.05) is 90.8 Å². The number of phenols is 1. The fourth-order valence-electron chi connectivity index (χ4n) is 6.21. The number of aliphatic hydroxyl groups is 2. The van der Waals surface area contributed by atoms with Crippen LogP contribution in [0, 0.1) is 5.92 Å². The van der Waals surface area contributed by atoms with Crippen molar-refractivity contribution in [2.45, 2.75) is 57.1 Å². The number of nitrogens with one attached hydrogen (secondary N) is 2. The van der Waals surface area contributed by atoms with Gasteiger partial charge in [0.25, 0.3) is 0 Å². The largest absolute Gasteiger partial charge is 0.508 e. The Hall–Kier alpha value is -4.78. The van der Waals surface area contributed by atoms with Crippen LogP contribution in [0.2, 0.25) is 0 Å². The lowest BCUT2D eigenvalue weighted by atomic mass is 9.90. The average Bonchev–Trinajstić information content (AvgIpc) is 3.15. The van der Waals surface area contributed by atoms with Crippen molar-refractivity contribution in [1.82, 2.24) is 15.5 Å². The first kappa shape index (κ1) is 37.5. The van der Waals surface area contributed by atoms with Gasteiger partial charge in [0.05, 0.1) is 32.0 Å². The third-order valence-corrected chi connectivity index (χ3v) is 9.13. The first-order chi connectivity index (χ1) is 24.6. The number of aliphatic hydroxyl groups excluding tert-OH is 2. The summed E-state index contributed by atoms with van der Waals surface area (Å²) in [4.78, 5) is 27.1. The quantitative estimate of drug-likeness (QED) is 0.116. The molecular formula is C40H47N3O8. The lowest BCUT2D eigenvalue weighted by molar-refractivity contribution is -0.276. The van der Waals surface area contributed by atoms with Crippen LogP contribution >= 0.6 is 0 Å². The summed E-state index contributed by atoms with van der Waals surface area (Å²) in [7, 11) is 3.21. The van der Waals surface area contributed by atoms with Crippen molar-refractivity contribution in [2.24, 2.45) is 5.92 Å². The van der Waals surface area contributed by atoms with Gasteiger partial charge in [-0.25, -0.2) is 9.59 Å². The first-order valence-electron chi connectivity index (χ1n) is 17.0. The van der Waals surface area contributed by atoms with Gasteiger partial charge in [0.2, 0.25) is 0 Å². The molecule has 0 bridgehead atoms. The number of aromatic hydroxyl groups is 1. The lowest BCUT2D eigenvalue weighted by Gasteiger charge is -2.42. The van der Waals surface area contributed by atoms with E-state index in [9.17, 15) is 24.9 Å². The fourth-order valence-corrected chi connectivity index (χ4v) is 6.21. The van der Waals surface area contributed by atoms with Crippen LogP contribution in [0.5, 0.6) is 5.75 Å². The monoisotopic (exact) mass is 697 g/mol. The Kier molecular flexibility index (Phi) is 13.2. The minimum Gasteiger partial charge on any atom is -0.508 e. The normalized spacial score (nSPS) is 20.0. The topological polar surface area (TPSA) is 150 Å². The summed E-state index contributed by atoms with van der Waals surface area (Å²) in [5.41, 5.74) is 4.93. The third kappa shape index (κ3) is 10.4. The summed E-state index contributed by atoms with van der Waals surface area (Å²) in [6, 6.07) is 30.0. The standard InChI is InChI=1S/C40H47N3O8/c1-26-36(24-43(2)23-35(46)32-10-7-11-33(45)21-32)50-39(51-37(26)30-16-14-29(25-44)15-17-30)31-18-12-28(13-19-31)22-41-40(48)42-34(38(47)49-3)20-27-8-5-4-6-9-27/h4-19,21,26,34-37,39,44-46H,20,22-25H2,1-3H3,(H2,41,42,48)/t26-,34+,35-,36+,37+,39+/m1/s1. The predicted octanol–water partition coefficient (Wildman–Crippen LogP) is 4.92. The molecule has 1 aliphatic rings. The van der Waals surface area contributed by atoms with Gasteiger partial charge in [-0.15, -0.1) is 0 Å². The highest BCUT2D eigenvalue weighted by atomic mass is 16.7. The second-order valence-electron chi connectivity index (χ2n) is 13.0. The van der Waals surface area contributed by atoms with Crippen LogP contribution in [0.3, 0.4) is 0 Å². The van der Waals surface area contributed by atoms with Gasteiger partial charge in [-0.1, -0.05) is 97.9 Å². The molecule has 4 aromatic rings. The second kappa shape index (κ2) is 17.9. The Labute approximate surface area is 298 Å². The number of phenolic OH excluding ortho intramolecular Hbond substituents is 1. The molecule has 0 aliphatic carbocycles. The van der Waals surface area contributed by atoms with Gasteiger partial charge in [-0.05, 0) is 47.0 Å². The zero-order chi connectivity index (χ0) is 36.3. The Morgan fingerprint density at radius 2 is 1.57 bits per heavy atom. The van der Waals surface area contributed by atoms with Gasteiger partial charge >= 0.3 is 12.0 Å². The van der Waals surface area contributed by atoms with Gasteiger partial charge in [0.15, 0.2) is 6.29 Å². The van der Waals surface area contributed by atoms with Crippen molar-refractivity contribution in [1.29, 1.82) is 0 Å². The molecule has 0 unspecified atom stereocenters. The molecule has 1 heterocycles. The van der Waals surface area contributed by atoms with E-state index in [-0.39, 0.29) is 37.0 Å². The highest BCUT2D eigenvalue weighted by Gasteiger charge is 2.39. The second-order valence-corrected chi connectivity index (χ2v) is 13.0. The maximum absolute atomic E-state index is 12.8. The summed E-state index contributed by atoms with van der Waals surface area (Å²) < 4.78 is 18.1. The Balaban J connectivity index is 1.24. The van der Waals surface area contributed by atoms with Crippen LogP contribution in [0.1, 0.15) is 58.8 Å². The van der Waals surface area contributed by atoms with E-state index in [4.69, 9.17) is 14.2 Å². The van der Waals surface area contributed by atoms with E-state index in [1.165, 1.54) is 7.11 Å². The molecular weight excluding hydrogens is 650 g/mol. The SMILES string of the molecule is COC(=O)[C@H](Cc1ccccc1)NC(=O)NCc1ccc([C@H]2O[C@@H](CN(C)C[C@@H](O)c3cccc(O)c3)[C@@H](C)[C@@H](c3ccc(CO)cc3)O2)cc1. The summed E-state index contributed by atoms with van der Waals surface area (Å²) in [5.74, 6) is -0.483. The van der Waals surface area contributed by atoms with Gasteiger partial charge < -0.3 is 45.1 Å². The van der Waals surface area contributed by atoms with Crippen LogP contribution in [-0.4, -0.2) is 71.6 Å². The van der Waals surface area contributed by atoms with Gasteiger partial charge in [-0.3, -0.25) is 0 Å². The molecule has 1 fully saturated rings. The number of hydrogen-bond donors (Lipinski definition) is 5. The van der Waals surface area contributed by atoms with Crippen molar-refractivity contribution < 1.29 is 39.1 Å². The molecule has 6 atom stereocenters. The molecule has 270 valence electrons. The number of benzene rings is 4. The van der Waals surface area contributed by atoms with E-state index >= 15 is 0 Å². The number of methoxy groups -OCH3 is 1. The van der Waals surface area contributed by atoms with Crippen LogP contribution in [-0.2, 0) is 38.6 Å². The average molecular weight is 698 g/mol. The van der Waals surface area contributed by atoms with Crippen LogP contribution in [0.15, 0.2) is 103 Å². The van der Waals surface area contributed by atoms with Crippen molar-refractivity contribution in [2.75, 3.05) is 27.2 Å². The highest BCUT2D eigenvalue weighted by molar-refractivity contribution is 5.83. The van der Waals surface area contributed by atoms with E-state index in [1.54, 1.807) is 24.3 Å². The number of esters is 1. The number of amides is 2. The van der Waals surface area contributed by atoms with E-state index < -0.39 is 30.4 Å². The summed E-state index contributed by atoms with van der Waals surface area (Å²) in [6.07, 6.45) is -1.77. The van der Waals surface area contributed by atoms with Crippen molar-refractivity contribution in [3.63, 3.8) is 0 Å². The minimum absolute atomic E-state index is 0.0511. The maximum atomic E-state index is 12.8. The molecule has 4 aromatic carbocycles. The number of ether oxygens (including phenoxy) is 3. The summed E-state index contributed by atoms with van der Waals surface area (Å²) in [5, 5.41) is 35.8. The summed E-state index contributed by atoms with van der Waals surface area (Å²) in [6.45, 7) is 3.10. The third-order valence-electron chi connectivity index (χ3n) is 9.13. The van der Waals surface area contributed by atoms with Crippen LogP contribution < -0.4 is 10.6 Å². The Morgan fingerprint density at radius 3 is 2.24 bits per heavy atom. The molecule has 5 rings (SSSR count). The molecule has 11 nitrogen and oxygen atoms in total. The van der Waals surface area contributed by atoms with Gasteiger partial charge in [0, 0.05) is 37.5 Å². The number of hydrogen-bond acceptors (Lipinski definition) is 9. The van der Waals surface area contributed by atoms with E-state index in [0.29, 0.717) is 25.1 Å². The number of rotatable bonds is 14. The predicted molar refractivity (Wildman–Crippen MR) is 191 cm³/mol. The fraction of sp³-hybridized carbons (Fsp3) is 0.350. The molecule has 2 amide bonds. The van der Waals surface area contributed by atoms with Crippen molar-refractivity contribution >= 4 is 12.0 Å². The molecule has 11 heteroatoms. The molecule has 5 N–H and O–H groups in total. The Morgan fingerprint density at radius 1 is 0.882 bits per heavy atom. The molecule has 0 radical (unpaired) electrons. The number of nitrogens with zero attached hydrogens (tertiary/aromatic N) is 1. The molecule has 0 saturated carbocycles. The van der Waals surface area contributed by atoms with E-state index in [0.717, 1.165) is 27.8 Å².